The second-order valence-corrected chi connectivity index (χ2v) is 7.09. The van der Waals surface area contributed by atoms with Crippen molar-refractivity contribution < 1.29 is 15.1 Å². The topological polar surface area (TPSA) is 54.1 Å². The highest BCUT2D eigenvalue weighted by Crippen LogP contribution is 2.43. The summed E-state index contributed by atoms with van der Waals surface area (Å²) in [5.41, 5.74) is 3.21. The molecule has 0 spiro atoms. The molecule has 4 rings (SSSR count). The Bertz CT molecular complexity index is 892. The molecule has 0 atom stereocenters. The van der Waals surface area contributed by atoms with Gasteiger partial charge in [-0.15, -0.1) is 4.57 Å². The maximum absolute atomic E-state index is 10.6. The average Bonchev–Trinajstić information content (AvgIpc) is 2.85. The third-order valence-corrected chi connectivity index (χ3v) is 5.73. The number of halogens is 2. The first kappa shape index (κ1) is 16.3. The highest BCUT2D eigenvalue weighted by atomic mass is 35.5. The normalized spacial score (nSPS) is 12.3. The van der Waals surface area contributed by atoms with Crippen LogP contribution in [0.1, 0.15) is 5.56 Å². The molecular formula is C17H13Cl2NO2S. The molecule has 0 fully saturated rings. The highest BCUT2D eigenvalue weighted by Gasteiger charge is 2.33. The van der Waals surface area contributed by atoms with Crippen molar-refractivity contribution in [3.8, 4) is 26.9 Å². The molecule has 2 aromatic carbocycles. The summed E-state index contributed by atoms with van der Waals surface area (Å²) in [6.45, 7) is 0.761. The van der Waals surface area contributed by atoms with Crippen LogP contribution >= 0.6 is 34.5 Å². The summed E-state index contributed by atoms with van der Waals surface area (Å²) in [4.78, 5) is 0.799. The quantitative estimate of drug-likeness (QED) is 0.631. The first-order valence-electron chi connectivity index (χ1n) is 6.94. The van der Waals surface area contributed by atoms with E-state index < -0.39 is 0 Å². The monoisotopic (exact) mass is 365 g/mol. The highest BCUT2D eigenvalue weighted by molar-refractivity contribution is 7.18. The van der Waals surface area contributed by atoms with Crippen molar-refractivity contribution in [2.24, 2.45) is 0 Å². The van der Waals surface area contributed by atoms with Crippen molar-refractivity contribution >= 4 is 34.5 Å². The Hall–Kier alpha value is -1.59. The molecule has 6 heteroatoms. The van der Waals surface area contributed by atoms with E-state index in [1.54, 1.807) is 11.3 Å². The van der Waals surface area contributed by atoms with Crippen LogP contribution in [0.5, 0.6) is 5.88 Å². The largest absolute Gasteiger partial charge is 0.870 e. The van der Waals surface area contributed by atoms with E-state index in [-0.39, 0.29) is 11.4 Å². The third-order valence-electron chi connectivity index (χ3n) is 3.93. The molecule has 0 unspecified atom stereocenters. The molecule has 118 valence electrons. The summed E-state index contributed by atoms with van der Waals surface area (Å²) in [5.74, 6) is 0.277. The van der Waals surface area contributed by atoms with Crippen molar-refractivity contribution in [3.05, 3.63) is 58.1 Å². The van der Waals surface area contributed by atoms with E-state index in [0.717, 1.165) is 34.0 Å². The zero-order chi connectivity index (χ0) is 15.3. The maximum Gasteiger partial charge on any atom is 0.385 e. The Morgan fingerprint density at radius 1 is 1.04 bits per heavy atom. The number of benzene rings is 2. The van der Waals surface area contributed by atoms with Gasteiger partial charge in [0.05, 0.1) is 5.56 Å². The molecule has 0 saturated heterocycles. The van der Waals surface area contributed by atoms with E-state index in [1.807, 2.05) is 41.0 Å². The molecule has 0 amide bonds. The molecule has 0 saturated carbocycles. The Morgan fingerprint density at radius 2 is 1.83 bits per heavy atom. The number of hydrogen-bond donors (Lipinski definition) is 1. The van der Waals surface area contributed by atoms with Gasteiger partial charge >= 0.3 is 5.88 Å². The van der Waals surface area contributed by atoms with Gasteiger partial charge in [0.2, 0.25) is 0 Å². The molecule has 2 heterocycles. The lowest BCUT2D eigenvalue weighted by atomic mass is 10.0. The zero-order valence-electron chi connectivity index (χ0n) is 12.0. The van der Waals surface area contributed by atoms with Crippen LogP contribution in [-0.4, -0.2) is 10.6 Å². The number of aromatic hydroxyl groups is 1. The van der Waals surface area contributed by atoms with Crippen molar-refractivity contribution in [3.63, 3.8) is 0 Å². The maximum atomic E-state index is 10.6. The number of hydrogen-bond acceptors (Lipinski definition) is 3. The molecule has 0 aliphatic carbocycles. The number of nitrogens with zero attached hydrogens (tertiary/aromatic N) is 1. The van der Waals surface area contributed by atoms with Gasteiger partial charge in [-0.05, 0) is 23.8 Å². The number of rotatable bonds is 1. The smallest absolute Gasteiger partial charge is 0.385 e. The van der Waals surface area contributed by atoms with Crippen molar-refractivity contribution in [2.45, 2.75) is 13.0 Å². The molecular weight excluding hydrogens is 353 g/mol. The van der Waals surface area contributed by atoms with Crippen LogP contribution in [0.15, 0.2) is 42.5 Å². The van der Waals surface area contributed by atoms with Gasteiger partial charge in [-0.1, -0.05) is 58.8 Å². The average molecular weight is 366 g/mol. The first-order valence-corrected chi connectivity index (χ1v) is 8.51. The van der Waals surface area contributed by atoms with E-state index in [1.165, 1.54) is 5.56 Å². The van der Waals surface area contributed by atoms with E-state index in [0.29, 0.717) is 10.0 Å². The van der Waals surface area contributed by atoms with Gasteiger partial charge in [0, 0.05) is 22.0 Å². The molecule has 3 aromatic rings. The summed E-state index contributed by atoms with van der Waals surface area (Å²) >= 11 is 14.0. The fraction of sp³-hybridized carbons (Fsp3) is 0.118. The molecule has 2 N–H and O–H groups in total. The lowest BCUT2D eigenvalue weighted by molar-refractivity contribution is -0.688. The Balaban J connectivity index is 0.00000156. The summed E-state index contributed by atoms with van der Waals surface area (Å²) < 4.78 is 1.95. The Morgan fingerprint density at radius 3 is 2.61 bits per heavy atom. The van der Waals surface area contributed by atoms with Gasteiger partial charge in [0.15, 0.2) is 11.4 Å². The summed E-state index contributed by atoms with van der Waals surface area (Å²) in [6, 6.07) is 13.5. The van der Waals surface area contributed by atoms with Crippen LogP contribution in [0.2, 0.25) is 10.0 Å². The molecule has 1 aromatic heterocycles. The second-order valence-electron chi connectivity index (χ2n) is 5.24. The van der Waals surface area contributed by atoms with Crippen LogP contribution in [-0.2, 0) is 13.0 Å². The number of aryl methyl sites for hydroxylation is 1. The van der Waals surface area contributed by atoms with Gasteiger partial charge in [-0.3, -0.25) is 0 Å². The molecule has 0 bridgehead atoms. The predicted molar refractivity (Wildman–Crippen MR) is 92.7 cm³/mol. The number of fused-ring (bicyclic) bond motifs is 3. The Kier molecular flexibility index (Phi) is 4.34. The van der Waals surface area contributed by atoms with Gasteiger partial charge in [0.25, 0.3) is 5.01 Å². The Labute approximate surface area is 147 Å². The van der Waals surface area contributed by atoms with Gasteiger partial charge in [0.1, 0.15) is 0 Å². The molecule has 0 radical (unpaired) electrons. The van der Waals surface area contributed by atoms with Gasteiger partial charge < -0.3 is 10.6 Å². The van der Waals surface area contributed by atoms with E-state index >= 15 is 0 Å². The van der Waals surface area contributed by atoms with E-state index in [4.69, 9.17) is 23.2 Å². The van der Waals surface area contributed by atoms with E-state index in [2.05, 4.69) is 6.07 Å². The minimum Gasteiger partial charge on any atom is -0.870 e. The lowest BCUT2D eigenvalue weighted by Crippen LogP contribution is -2.37. The van der Waals surface area contributed by atoms with Gasteiger partial charge in [-0.25, -0.2) is 0 Å². The van der Waals surface area contributed by atoms with Crippen molar-refractivity contribution in [1.82, 2.24) is 0 Å². The minimum atomic E-state index is 0. The molecule has 1 aliphatic heterocycles. The van der Waals surface area contributed by atoms with E-state index in [9.17, 15) is 5.11 Å². The van der Waals surface area contributed by atoms with Crippen LogP contribution in [0.25, 0.3) is 21.0 Å². The molecule has 3 nitrogen and oxygen atoms in total. The van der Waals surface area contributed by atoms with Crippen LogP contribution in [0.3, 0.4) is 0 Å². The first-order chi connectivity index (χ1) is 10.6. The standard InChI is InChI=1S/C17H11Cl2NOS.H2O/c18-11-6-5-10-7-8-20-16(21)15(22-17(20)13(10)9-11)12-3-1-2-4-14(12)19;/h1-6,9H,7-8H2;1H2. The summed E-state index contributed by atoms with van der Waals surface area (Å²) in [6.07, 6.45) is 0.885. The fourth-order valence-electron chi connectivity index (χ4n) is 2.84. The second kappa shape index (κ2) is 6.13. The minimum absolute atomic E-state index is 0. The van der Waals surface area contributed by atoms with Gasteiger partial charge in [-0.2, -0.15) is 0 Å². The number of thiazole rings is 1. The number of aromatic nitrogens is 1. The zero-order valence-corrected chi connectivity index (χ0v) is 14.3. The molecule has 1 aliphatic rings. The predicted octanol–water partition coefficient (Wildman–Crippen LogP) is 4.76. The van der Waals surface area contributed by atoms with Crippen molar-refractivity contribution in [2.75, 3.05) is 0 Å². The summed E-state index contributed by atoms with van der Waals surface area (Å²) in [7, 11) is 0. The SMILES string of the molecule is Oc1c(-c2ccccc2Cl)sc2[n+]1CCc1ccc(Cl)cc1-2.[OH-]. The van der Waals surface area contributed by atoms with Crippen LogP contribution < -0.4 is 4.57 Å². The van der Waals surface area contributed by atoms with Crippen LogP contribution in [0, 0.1) is 0 Å². The lowest BCUT2D eigenvalue weighted by Gasteiger charge is -2.11. The fourth-order valence-corrected chi connectivity index (χ4v) is 4.57. The van der Waals surface area contributed by atoms with Crippen molar-refractivity contribution in [1.29, 1.82) is 0 Å². The third kappa shape index (κ3) is 2.62. The summed E-state index contributed by atoms with van der Waals surface area (Å²) in [5, 5.41) is 13.0. The van der Waals surface area contributed by atoms with Crippen LogP contribution in [0.4, 0.5) is 0 Å². The molecule has 23 heavy (non-hydrogen) atoms.